The van der Waals surface area contributed by atoms with E-state index in [1.807, 2.05) is 19.1 Å². The normalized spacial score (nSPS) is 11.5. The molecule has 0 aliphatic rings. The number of pyridine rings is 1. The molecule has 172 valence electrons. The van der Waals surface area contributed by atoms with Crippen molar-refractivity contribution >= 4 is 29.3 Å². The molecule has 0 saturated carbocycles. The number of benzene rings is 2. The van der Waals surface area contributed by atoms with Crippen LogP contribution < -0.4 is 20.9 Å². The number of carboxylic acid groups (broad SMARTS) is 1. The number of urea groups is 1. The summed E-state index contributed by atoms with van der Waals surface area (Å²) < 4.78 is 6.62. The number of aromatic nitrogens is 1. The van der Waals surface area contributed by atoms with Gasteiger partial charge in [0.25, 0.3) is 5.56 Å². The van der Waals surface area contributed by atoms with Crippen molar-refractivity contribution in [3.8, 4) is 5.75 Å². The number of aryl methyl sites for hydroxylation is 1. The van der Waals surface area contributed by atoms with E-state index in [4.69, 9.17) is 16.3 Å². The fourth-order valence-corrected chi connectivity index (χ4v) is 3.46. The Hall–Kier alpha value is -3.78. The van der Waals surface area contributed by atoms with E-state index in [9.17, 15) is 19.5 Å². The van der Waals surface area contributed by atoms with Gasteiger partial charge in [0.05, 0.1) is 26.1 Å². The number of rotatable bonds is 8. The average molecular weight is 470 g/mol. The highest BCUT2D eigenvalue weighted by atomic mass is 35.5. The number of carbonyl (C=O) groups is 2. The number of nitrogens with one attached hydrogen (secondary N) is 2. The van der Waals surface area contributed by atoms with Crippen LogP contribution in [0.4, 0.5) is 10.5 Å². The number of ether oxygens (including phenoxy) is 1. The van der Waals surface area contributed by atoms with E-state index in [1.54, 1.807) is 42.6 Å². The number of hydrogen-bond donors (Lipinski definition) is 3. The molecule has 3 N–H and O–H groups in total. The van der Waals surface area contributed by atoms with Crippen LogP contribution in [0.2, 0.25) is 5.02 Å². The lowest BCUT2D eigenvalue weighted by molar-refractivity contribution is -0.137. The topological polar surface area (TPSA) is 110 Å². The highest BCUT2D eigenvalue weighted by Crippen LogP contribution is 2.23. The largest absolute Gasteiger partial charge is 0.497 e. The Morgan fingerprint density at radius 2 is 1.88 bits per heavy atom. The van der Waals surface area contributed by atoms with E-state index in [0.29, 0.717) is 21.9 Å². The number of anilines is 1. The second kappa shape index (κ2) is 10.7. The van der Waals surface area contributed by atoms with Gasteiger partial charge in [-0.15, -0.1) is 0 Å². The van der Waals surface area contributed by atoms with Crippen LogP contribution in [0.3, 0.4) is 0 Å². The minimum atomic E-state index is -1.06. The summed E-state index contributed by atoms with van der Waals surface area (Å²) in [6.07, 6.45) is 1.28. The predicted molar refractivity (Wildman–Crippen MR) is 126 cm³/mol. The molecule has 1 heterocycles. The summed E-state index contributed by atoms with van der Waals surface area (Å²) in [6.45, 7) is 2.09. The van der Waals surface area contributed by atoms with Gasteiger partial charge in [-0.25, -0.2) is 4.79 Å². The number of methoxy groups -OCH3 is 1. The van der Waals surface area contributed by atoms with Crippen LogP contribution in [0.15, 0.2) is 65.6 Å². The maximum Gasteiger partial charge on any atom is 0.319 e. The van der Waals surface area contributed by atoms with Gasteiger partial charge in [0.15, 0.2) is 0 Å². The molecule has 33 heavy (non-hydrogen) atoms. The maximum atomic E-state index is 12.9. The van der Waals surface area contributed by atoms with Gasteiger partial charge in [-0.05, 0) is 48.4 Å². The monoisotopic (exact) mass is 469 g/mol. The molecule has 3 aromatic rings. The summed E-state index contributed by atoms with van der Waals surface area (Å²) in [4.78, 5) is 36.8. The zero-order chi connectivity index (χ0) is 24.0. The number of aliphatic carboxylic acids is 1. The van der Waals surface area contributed by atoms with E-state index in [0.717, 1.165) is 5.56 Å². The average Bonchev–Trinajstić information content (AvgIpc) is 2.77. The van der Waals surface area contributed by atoms with Gasteiger partial charge in [0.1, 0.15) is 11.4 Å². The van der Waals surface area contributed by atoms with Crippen LogP contribution in [-0.4, -0.2) is 28.8 Å². The molecule has 2 aromatic carbocycles. The van der Waals surface area contributed by atoms with Crippen molar-refractivity contribution in [2.75, 3.05) is 12.4 Å². The quantitative estimate of drug-likeness (QED) is 0.458. The van der Waals surface area contributed by atoms with E-state index >= 15 is 0 Å². The Kier molecular flexibility index (Phi) is 7.74. The van der Waals surface area contributed by atoms with E-state index in [-0.39, 0.29) is 18.7 Å². The van der Waals surface area contributed by atoms with Gasteiger partial charge in [0, 0.05) is 11.2 Å². The molecule has 1 aromatic heterocycles. The van der Waals surface area contributed by atoms with Gasteiger partial charge >= 0.3 is 12.0 Å². The third kappa shape index (κ3) is 6.36. The number of hydrogen-bond acceptors (Lipinski definition) is 4. The van der Waals surface area contributed by atoms with Gasteiger partial charge < -0.3 is 25.0 Å². The van der Waals surface area contributed by atoms with Gasteiger partial charge in [-0.1, -0.05) is 41.4 Å². The predicted octanol–water partition coefficient (Wildman–Crippen LogP) is 4.20. The second-order valence-corrected chi connectivity index (χ2v) is 7.88. The first-order valence-corrected chi connectivity index (χ1v) is 10.5. The fourth-order valence-electron chi connectivity index (χ4n) is 3.28. The van der Waals surface area contributed by atoms with Crippen molar-refractivity contribution in [2.24, 2.45) is 0 Å². The molecule has 0 bridgehead atoms. The molecule has 9 heteroatoms. The highest BCUT2D eigenvalue weighted by Gasteiger charge is 2.19. The Morgan fingerprint density at radius 1 is 1.15 bits per heavy atom. The van der Waals surface area contributed by atoms with Crippen molar-refractivity contribution in [3.05, 3.63) is 92.9 Å². The molecular weight excluding hydrogens is 446 g/mol. The first-order chi connectivity index (χ1) is 15.8. The molecule has 0 aliphatic carbocycles. The number of halogens is 1. The lowest BCUT2D eigenvalue weighted by Crippen LogP contribution is -2.36. The SMILES string of the molecule is COc1ccc(Cl)c(Cn2cccc(NC(=O)N[C@@H](CC(=O)O)c3ccc(C)cc3)c2=O)c1. The van der Waals surface area contributed by atoms with Crippen molar-refractivity contribution in [1.82, 2.24) is 9.88 Å². The summed E-state index contributed by atoms with van der Waals surface area (Å²) in [5, 5.41) is 14.9. The summed E-state index contributed by atoms with van der Waals surface area (Å²) in [7, 11) is 1.54. The van der Waals surface area contributed by atoms with Crippen LogP contribution in [0.5, 0.6) is 5.75 Å². The molecule has 0 fully saturated rings. The van der Waals surface area contributed by atoms with E-state index in [2.05, 4.69) is 10.6 Å². The zero-order valence-corrected chi connectivity index (χ0v) is 18.9. The minimum Gasteiger partial charge on any atom is -0.497 e. The van der Waals surface area contributed by atoms with E-state index < -0.39 is 23.6 Å². The van der Waals surface area contributed by atoms with Crippen molar-refractivity contribution in [2.45, 2.75) is 25.9 Å². The third-order valence-corrected chi connectivity index (χ3v) is 5.39. The smallest absolute Gasteiger partial charge is 0.319 e. The standard InChI is InChI=1S/C24H24ClN3O5/c1-15-5-7-16(8-6-15)21(13-22(29)30)27-24(32)26-20-4-3-11-28(23(20)31)14-17-12-18(33-2)9-10-19(17)25/h3-12,21H,13-14H2,1-2H3,(H,29,30)(H2,26,27,32)/t21-/m0/s1. The van der Waals surface area contributed by atoms with Crippen LogP contribution >= 0.6 is 11.6 Å². The lowest BCUT2D eigenvalue weighted by atomic mass is 10.0. The molecule has 2 amide bonds. The molecule has 0 aliphatic heterocycles. The Bertz CT molecular complexity index is 1210. The van der Waals surface area contributed by atoms with Crippen molar-refractivity contribution in [3.63, 3.8) is 0 Å². The summed E-state index contributed by atoms with van der Waals surface area (Å²) in [6, 6.07) is 14.0. The molecule has 0 radical (unpaired) electrons. The fraction of sp³-hybridized carbons (Fsp3) is 0.208. The molecule has 8 nitrogen and oxygen atoms in total. The summed E-state index contributed by atoms with van der Waals surface area (Å²) in [5.41, 5.74) is 1.96. The third-order valence-electron chi connectivity index (χ3n) is 5.03. The first kappa shape index (κ1) is 23.9. The van der Waals surface area contributed by atoms with Crippen molar-refractivity contribution < 1.29 is 19.4 Å². The van der Waals surface area contributed by atoms with Gasteiger partial charge in [-0.3, -0.25) is 9.59 Å². The van der Waals surface area contributed by atoms with Crippen LogP contribution in [0.1, 0.15) is 29.2 Å². The van der Waals surface area contributed by atoms with Crippen LogP contribution in [0.25, 0.3) is 0 Å². The van der Waals surface area contributed by atoms with Crippen LogP contribution in [0, 0.1) is 6.92 Å². The molecule has 1 atom stereocenters. The molecule has 3 rings (SSSR count). The number of carbonyl (C=O) groups excluding carboxylic acids is 1. The minimum absolute atomic E-state index is 0.0481. The van der Waals surface area contributed by atoms with Gasteiger partial charge in [-0.2, -0.15) is 0 Å². The summed E-state index contributed by atoms with van der Waals surface area (Å²) in [5.74, 6) is -0.449. The number of carboxylic acids is 1. The van der Waals surface area contributed by atoms with Crippen molar-refractivity contribution in [1.29, 1.82) is 0 Å². The Morgan fingerprint density at radius 3 is 2.55 bits per heavy atom. The van der Waals surface area contributed by atoms with E-state index in [1.165, 1.54) is 17.7 Å². The first-order valence-electron chi connectivity index (χ1n) is 10.1. The Labute approximate surface area is 195 Å². The lowest BCUT2D eigenvalue weighted by Gasteiger charge is -2.18. The molecule has 0 spiro atoms. The maximum absolute atomic E-state index is 12.9. The summed E-state index contributed by atoms with van der Waals surface area (Å²) >= 11 is 6.25. The number of amides is 2. The molecule has 0 saturated heterocycles. The zero-order valence-electron chi connectivity index (χ0n) is 18.2. The molecule has 0 unspecified atom stereocenters. The second-order valence-electron chi connectivity index (χ2n) is 7.47. The highest BCUT2D eigenvalue weighted by molar-refractivity contribution is 6.31. The molecular formula is C24H24ClN3O5. The van der Waals surface area contributed by atoms with Gasteiger partial charge in [0.2, 0.25) is 0 Å². The Balaban J connectivity index is 1.77. The number of nitrogens with zero attached hydrogens (tertiary/aromatic N) is 1. The van der Waals surface area contributed by atoms with Crippen LogP contribution in [-0.2, 0) is 11.3 Å².